The molecule has 0 heterocycles. The molecule has 0 saturated heterocycles. The Bertz CT molecular complexity index is 1270. The molecule has 2 heteroatoms. The number of benzene rings is 5. The van der Waals surface area contributed by atoms with Crippen molar-refractivity contribution in [3.63, 3.8) is 0 Å². The van der Waals surface area contributed by atoms with E-state index in [9.17, 15) is 0 Å². The van der Waals surface area contributed by atoms with Crippen molar-refractivity contribution >= 4 is 33.9 Å². The molecule has 0 aliphatic rings. The molecule has 0 unspecified atom stereocenters. The fraction of sp³-hybridized carbons (Fsp3) is 0. The smallest absolute Gasteiger partial charge is 0.189 e. The van der Waals surface area contributed by atoms with Crippen molar-refractivity contribution in [2.24, 2.45) is 0 Å². The Morgan fingerprint density at radius 3 is 1.41 bits per heavy atom. The molecule has 0 bridgehead atoms. The Morgan fingerprint density at radius 1 is 0.438 bits per heavy atom. The van der Waals surface area contributed by atoms with Crippen LogP contribution < -0.4 is 28.3 Å². The van der Waals surface area contributed by atoms with Gasteiger partial charge in [0.05, 0.1) is 5.66 Å². The third-order valence-electron chi connectivity index (χ3n) is 5.58. The van der Waals surface area contributed by atoms with Gasteiger partial charge in [0.25, 0.3) is 0 Å². The molecule has 0 fully saturated rings. The fourth-order valence-corrected chi connectivity index (χ4v) is 7.50. The highest BCUT2D eigenvalue weighted by molar-refractivity contribution is 7.99. The second kappa shape index (κ2) is 9.84. The van der Waals surface area contributed by atoms with Gasteiger partial charge in [0.1, 0.15) is 15.9 Å². The molecule has 5 rings (SSSR count). The monoisotopic (exact) mass is 448 g/mol. The van der Waals surface area contributed by atoms with Crippen LogP contribution in [0.2, 0.25) is 0 Å². The van der Waals surface area contributed by atoms with Crippen LogP contribution in [0.4, 0.5) is 0 Å². The zero-order valence-electron chi connectivity index (χ0n) is 17.5. The van der Waals surface area contributed by atoms with Gasteiger partial charge in [-0.25, -0.2) is 0 Å². The third-order valence-corrected chi connectivity index (χ3v) is 9.24. The van der Waals surface area contributed by atoms with Crippen molar-refractivity contribution in [2.75, 3.05) is 0 Å². The van der Waals surface area contributed by atoms with E-state index in [1.54, 1.807) is 0 Å². The quantitative estimate of drug-likeness (QED) is 0.294. The van der Waals surface area contributed by atoms with Gasteiger partial charge in [0.2, 0.25) is 0 Å². The summed E-state index contributed by atoms with van der Waals surface area (Å²) in [5, 5.41) is 6.25. The zero-order valence-corrected chi connectivity index (χ0v) is 19.2. The van der Waals surface area contributed by atoms with Gasteiger partial charge >= 0.3 is 0 Å². The molecule has 0 radical (unpaired) electrons. The maximum Gasteiger partial charge on any atom is 0.189 e. The average molecular weight is 449 g/mol. The number of hydrogen-bond acceptors (Lipinski definition) is 0. The van der Waals surface area contributed by atoms with Gasteiger partial charge in [-0.1, -0.05) is 91.0 Å². The van der Waals surface area contributed by atoms with Crippen LogP contribution in [0, 0.1) is 11.6 Å². The number of rotatable bonds is 3. The molecule has 32 heavy (non-hydrogen) atoms. The van der Waals surface area contributed by atoms with E-state index < -0.39 is 7.26 Å². The molecule has 0 spiro atoms. The summed E-state index contributed by atoms with van der Waals surface area (Å²) < 4.78 is 0. The molecule has 154 valence electrons. The first-order chi connectivity index (χ1) is 15.4. The molecule has 0 aromatic heterocycles. The standard InChI is InChI=1S/C30H22P.ClH/c1-4-16-27(17-5-1)31(28-18-6-2-7-19-28,29-20-8-3-9-21-29)24-23-26-15-12-14-25-13-10-11-22-30(25)26;/h1-22H;1H/q+1;/p-1. The fourth-order valence-electron chi connectivity index (χ4n) is 4.07. The molecular weight excluding hydrogens is 427 g/mol. The van der Waals surface area contributed by atoms with Crippen LogP contribution in [0.3, 0.4) is 0 Å². The average Bonchev–Trinajstić information content (AvgIpc) is 2.86. The number of fused-ring (bicyclic) bond motifs is 1. The first-order valence-corrected chi connectivity index (χ1v) is 12.2. The van der Waals surface area contributed by atoms with Crippen LogP contribution >= 0.6 is 7.26 Å². The van der Waals surface area contributed by atoms with E-state index in [4.69, 9.17) is 0 Å². The molecule has 0 N–H and O–H groups in total. The predicted octanol–water partition coefficient (Wildman–Crippen LogP) is 3.15. The molecule has 0 atom stereocenters. The highest BCUT2D eigenvalue weighted by atomic mass is 35.5. The Hall–Kier alpha value is -3.36. The summed E-state index contributed by atoms with van der Waals surface area (Å²) >= 11 is 0. The van der Waals surface area contributed by atoms with Gasteiger partial charge < -0.3 is 12.4 Å². The van der Waals surface area contributed by atoms with Crippen LogP contribution in [0.15, 0.2) is 133 Å². The molecule has 5 aromatic rings. The van der Waals surface area contributed by atoms with Crippen molar-refractivity contribution in [3.05, 3.63) is 139 Å². The Balaban J connectivity index is 0.00000245. The largest absolute Gasteiger partial charge is 1.00 e. The molecule has 0 saturated carbocycles. The van der Waals surface area contributed by atoms with E-state index in [1.807, 2.05) is 0 Å². The van der Waals surface area contributed by atoms with Crippen LogP contribution in [-0.4, -0.2) is 0 Å². The summed E-state index contributed by atoms with van der Waals surface area (Å²) in [6.07, 6.45) is 0. The van der Waals surface area contributed by atoms with Gasteiger partial charge in [-0.3, -0.25) is 0 Å². The lowest BCUT2D eigenvalue weighted by Crippen LogP contribution is -3.00. The predicted molar refractivity (Wildman–Crippen MR) is 136 cm³/mol. The Labute approximate surface area is 196 Å². The topological polar surface area (TPSA) is 0 Å². The van der Waals surface area contributed by atoms with E-state index in [1.165, 1.54) is 26.7 Å². The van der Waals surface area contributed by atoms with Crippen LogP contribution in [0.1, 0.15) is 5.56 Å². The van der Waals surface area contributed by atoms with Gasteiger partial charge in [-0.2, -0.15) is 0 Å². The maximum absolute atomic E-state index is 3.85. The summed E-state index contributed by atoms with van der Waals surface area (Å²) in [7, 11) is -2.16. The van der Waals surface area contributed by atoms with Gasteiger partial charge in [-0.05, 0) is 59.2 Å². The van der Waals surface area contributed by atoms with Gasteiger partial charge in [0, 0.05) is 5.56 Å². The molecule has 0 nitrogen and oxygen atoms in total. The van der Waals surface area contributed by atoms with Crippen molar-refractivity contribution < 1.29 is 12.4 Å². The first-order valence-electron chi connectivity index (χ1n) is 10.4. The highest BCUT2D eigenvalue weighted by Crippen LogP contribution is 2.54. The van der Waals surface area contributed by atoms with E-state index in [-0.39, 0.29) is 12.4 Å². The lowest BCUT2D eigenvalue weighted by atomic mass is 10.1. The van der Waals surface area contributed by atoms with E-state index in [2.05, 4.69) is 145 Å². The maximum atomic E-state index is 3.85. The van der Waals surface area contributed by atoms with Gasteiger partial charge in [-0.15, -0.1) is 0 Å². The molecule has 0 aliphatic carbocycles. The normalized spacial score (nSPS) is 10.6. The Morgan fingerprint density at radius 2 is 0.875 bits per heavy atom. The minimum absolute atomic E-state index is 0. The first kappa shape index (κ1) is 21.9. The molecule has 0 amide bonds. The minimum Gasteiger partial charge on any atom is -1.00 e. The molecule has 0 aliphatic heterocycles. The zero-order chi connectivity index (χ0) is 20.9. The van der Waals surface area contributed by atoms with Crippen LogP contribution in [0.25, 0.3) is 10.8 Å². The second-order valence-electron chi connectivity index (χ2n) is 7.44. The van der Waals surface area contributed by atoms with Gasteiger partial charge in [0.15, 0.2) is 7.26 Å². The molecule has 5 aromatic carbocycles. The summed E-state index contributed by atoms with van der Waals surface area (Å²) in [6, 6.07) is 47.2. The lowest BCUT2D eigenvalue weighted by Gasteiger charge is -2.21. The van der Waals surface area contributed by atoms with Crippen molar-refractivity contribution in [3.8, 4) is 11.6 Å². The number of halogens is 1. The van der Waals surface area contributed by atoms with Crippen molar-refractivity contribution in [1.29, 1.82) is 0 Å². The Kier molecular flexibility index (Phi) is 6.72. The molecular formula is C30H22ClP. The minimum atomic E-state index is -2.16. The van der Waals surface area contributed by atoms with E-state index >= 15 is 0 Å². The van der Waals surface area contributed by atoms with Crippen LogP contribution in [-0.2, 0) is 0 Å². The van der Waals surface area contributed by atoms with Crippen molar-refractivity contribution in [1.82, 2.24) is 0 Å². The third kappa shape index (κ3) is 4.06. The highest BCUT2D eigenvalue weighted by Gasteiger charge is 2.44. The SMILES string of the molecule is C(#C[P+](c1ccccc1)(c1ccccc1)c1ccccc1)c1cccc2ccccc12.[Cl-]. The van der Waals surface area contributed by atoms with Crippen LogP contribution in [0.5, 0.6) is 0 Å². The summed E-state index contributed by atoms with van der Waals surface area (Å²) in [5.74, 6) is 3.62. The van der Waals surface area contributed by atoms with E-state index in [0.29, 0.717) is 0 Å². The van der Waals surface area contributed by atoms with E-state index in [0.717, 1.165) is 5.56 Å². The summed E-state index contributed by atoms with van der Waals surface area (Å²) in [4.78, 5) is 0. The second-order valence-corrected chi connectivity index (χ2v) is 10.6. The summed E-state index contributed by atoms with van der Waals surface area (Å²) in [6.45, 7) is 0. The number of hydrogen-bond donors (Lipinski definition) is 0. The van der Waals surface area contributed by atoms with Crippen molar-refractivity contribution in [2.45, 2.75) is 0 Å². The lowest BCUT2D eigenvalue weighted by molar-refractivity contribution is -0.00000581. The summed E-state index contributed by atoms with van der Waals surface area (Å²) in [5.41, 5.74) is 4.93.